The minimum Gasteiger partial charge on any atom is -0.395 e. The van der Waals surface area contributed by atoms with Gasteiger partial charge in [0.15, 0.2) is 0 Å². The number of rotatable bonds is 8. The first-order valence-electron chi connectivity index (χ1n) is 4.40. The van der Waals surface area contributed by atoms with Gasteiger partial charge in [0.2, 0.25) is 0 Å². The molecule has 0 saturated heterocycles. The van der Waals surface area contributed by atoms with Crippen LogP contribution in [0.1, 0.15) is 12.8 Å². The lowest BCUT2D eigenvalue weighted by molar-refractivity contribution is 0.160. The average molecular weight is 193 g/mol. The molecule has 0 aromatic rings. The molecule has 0 aliphatic carbocycles. The number of thiol groups is 1. The second-order valence-corrected chi connectivity index (χ2v) is 3.17. The Morgan fingerprint density at radius 1 is 0.917 bits per heavy atom. The maximum absolute atomic E-state index is 8.68. The van der Waals surface area contributed by atoms with Crippen LogP contribution in [-0.2, 0) is 0 Å². The predicted octanol–water partition coefficient (Wildman–Crippen LogP) is -0.0170. The molecule has 0 unspecified atom stereocenters. The molecule has 0 fully saturated rings. The summed E-state index contributed by atoms with van der Waals surface area (Å²) in [6, 6.07) is 0. The van der Waals surface area contributed by atoms with Gasteiger partial charge < -0.3 is 10.2 Å². The first-order valence-corrected chi connectivity index (χ1v) is 5.03. The van der Waals surface area contributed by atoms with Crippen molar-refractivity contribution < 1.29 is 10.2 Å². The maximum Gasteiger partial charge on any atom is 0.0558 e. The van der Waals surface area contributed by atoms with E-state index in [1.807, 2.05) is 0 Å². The lowest BCUT2D eigenvalue weighted by Crippen LogP contribution is -2.30. The van der Waals surface area contributed by atoms with E-state index >= 15 is 0 Å². The minimum absolute atomic E-state index is 0.168. The molecule has 4 heteroatoms. The van der Waals surface area contributed by atoms with Gasteiger partial charge in [0, 0.05) is 13.1 Å². The fourth-order valence-electron chi connectivity index (χ4n) is 1.07. The number of unbranched alkanes of at least 4 members (excludes halogenated alkanes) is 1. The third-order valence-corrected chi connectivity index (χ3v) is 2.03. The number of hydrogen-bond acceptors (Lipinski definition) is 4. The van der Waals surface area contributed by atoms with Crippen LogP contribution in [0.25, 0.3) is 0 Å². The fraction of sp³-hybridized carbons (Fsp3) is 1.00. The van der Waals surface area contributed by atoms with Crippen LogP contribution in [0.4, 0.5) is 0 Å². The fourth-order valence-corrected chi connectivity index (χ4v) is 1.29. The zero-order valence-electron chi connectivity index (χ0n) is 7.45. The van der Waals surface area contributed by atoms with Gasteiger partial charge in [-0.3, -0.25) is 4.90 Å². The highest BCUT2D eigenvalue weighted by molar-refractivity contribution is 7.80. The molecule has 0 aromatic carbocycles. The van der Waals surface area contributed by atoms with Crippen molar-refractivity contribution in [1.82, 2.24) is 4.90 Å². The third kappa shape index (κ3) is 6.91. The third-order valence-electron chi connectivity index (χ3n) is 1.71. The molecule has 0 aliphatic heterocycles. The van der Waals surface area contributed by atoms with Gasteiger partial charge in [0.1, 0.15) is 0 Å². The van der Waals surface area contributed by atoms with Gasteiger partial charge in [-0.1, -0.05) is 0 Å². The Balaban J connectivity index is 3.34. The van der Waals surface area contributed by atoms with Gasteiger partial charge in [-0.05, 0) is 25.1 Å². The zero-order chi connectivity index (χ0) is 9.23. The normalized spacial score (nSPS) is 11.0. The molecule has 12 heavy (non-hydrogen) atoms. The molecule has 0 radical (unpaired) electrons. The Labute approximate surface area is 79.8 Å². The monoisotopic (exact) mass is 193 g/mol. The predicted molar refractivity (Wildman–Crippen MR) is 53.7 cm³/mol. The molecule has 0 bridgehead atoms. The summed E-state index contributed by atoms with van der Waals surface area (Å²) >= 11 is 4.11. The van der Waals surface area contributed by atoms with E-state index in [-0.39, 0.29) is 13.2 Å². The summed E-state index contributed by atoms with van der Waals surface area (Å²) < 4.78 is 0. The lowest BCUT2D eigenvalue weighted by atomic mass is 10.3. The smallest absolute Gasteiger partial charge is 0.0558 e. The van der Waals surface area contributed by atoms with Crippen LogP contribution in [0.2, 0.25) is 0 Å². The Hall–Kier alpha value is 0.230. The molecule has 0 rings (SSSR count). The van der Waals surface area contributed by atoms with Crippen LogP contribution in [-0.4, -0.2) is 53.7 Å². The van der Waals surface area contributed by atoms with Gasteiger partial charge in [0.05, 0.1) is 13.2 Å². The highest BCUT2D eigenvalue weighted by Gasteiger charge is 2.01. The van der Waals surface area contributed by atoms with Crippen molar-refractivity contribution in [2.45, 2.75) is 12.8 Å². The van der Waals surface area contributed by atoms with E-state index in [4.69, 9.17) is 10.2 Å². The topological polar surface area (TPSA) is 43.7 Å². The van der Waals surface area contributed by atoms with Crippen LogP contribution in [0.3, 0.4) is 0 Å². The van der Waals surface area contributed by atoms with E-state index in [9.17, 15) is 0 Å². The van der Waals surface area contributed by atoms with Crippen molar-refractivity contribution in [3.05, 3.63) is 0 Å². The Kier molecular flexibility index (Phi) is 9.50. The standard InChI is InChI=1S/C8H19NO2S/c10-6-4-9(5-7-11)3-1-2-8-12/h10-12H,1-8H2. The van der Waals surface area contributed by atoms with E-state index in [1.165, 1.54) is 0 Å². The molecule has 0 spiro atoms. The summed E-state index contributed by atoms with van der Waals surface area (Å²) in [5.74, 6) is 0.909. The molecule has 0 aromatic heterocycles. The van der Waals surface area contributed by atoms with Gasteiger partial charge in [-0.15, -0.1) is 0 Å². The Morgan fingerprint density at radius 2 is 1.50 bits per heavy atom. The molecule has 0 atom stereocenters. The molecule has 0 heterocycles. The van der Waals surface area contributed by atoms with E-state index in [0.717, 1.165) is 25.1 Å². The van der Waals surface area contributed by atoms with E-state index < -0.39 is 0 Å². The van der Waals surface area contributed by atoms with Gasteiger partial charge in [-0.2, -0.15) is 12.6 Å². The van der Waals surface area contributed by atoms with Crippen molar-refractivity contribution in [1.29, 1.82) is 0 Å². The van der Waals surface area contributed by atoms with E-state index in [1.54, 1.807) is 0 Å². The first-order chi connectivity index (χ1) is 5.85. The summed E-state index contributed by atoms with van der Waals surface area (Å²) in [6.07, 6.45) is 2.18. The minimum atomic E-state index is 0.168. The van der Waals surface area contributed by atoms with Crippen molar-refractivity contribution in [2.24, 2.45) is 0 Å². The SMILES string of the molecule is OCCN(CCO)CCCCS. The quantitative estimate of drug-likeness (QED) is 0.375. The van der Waals surface area contributed by atoms with E-state index in [2.05, 4.69) is 17.5 Å². The molecule has 74 valence electrons. The van der Waals surface area contributed by atoms with E-state index in [0.29, 0.717) is 13.1 Å². The Bertz CT molecular complexity index is 87.1. The number of hydrogen-bond donors (Lipinski definition) is 3. The van der Waals surface area contributed by atoms with Crippen LogP contribution < -0.4 is 0 Å². The number of aliphatic hydroxyl groups excluding tert-OH is 2. The molecule has 0 saturated carbocycles. The summed E-state index contributed by atoms with van der Waals surface area (Å²) in [6.45, 7) is 2.60. The summed E-state index contributed by atoms with van der Waals surface area (Å²) in [5, 5.41) is 17.4. The van der Waals surface area contributed by atoms with Gasteiger partial charge in [0.25, 0.3) is 0 Å². The molecular weight excluding hydrogens is 174 g/mol. The van der Waals surface area contributed by atoms with Crippen molar-refractivity contribution in [2.75, 3.05) is 38.6 Å². The highest BCUT2D eigenvalue weighted by Crippen LogP contribution is 1.95. The molecule has 3 nitrogen and oxygen atoms in total. The largest absolute Gasteiger partial charge is 0.395 e. The molecular formula is C8H19NO2S. The second-order valence-electron chi connectivity index (χ2n) is 2.72. The van der Waals surface area contributed by atoms with Gasteiger partial charge in [-0.25, -0.2) is 0 Å². The summed E-state index contributed by atoms with van der Waals surface area (Å²) in [4.78, 5) is 2.06. The highest BCUT2D eigenvalue weighted by atomic mass is 32.1. The van der Waals surface area contributed by atoms with Crippen LogP contribution in [0.15, 0.2) is 0 Å². The Morgan fingerprint density at radius 3 is 1.92 bits per heavy atom. The van der Waals surface area contributed by atoms with Gasteiger partial charge >= 0.3 is 0 Å². The average Bonchev–Trinajstić information content (AvgIpc) is 2.06. The molecule has 0 aliphatic rings. The maximum atomic E-state index is 8.68. The van der Waals surface area contributed by atoms with Crippen LogP contribution in [0.5, 0.6) is 0 Å². The first kappa shape index (κ1) is 12.2. The van der Waals surface area contributed by atoms with Crippen LogP contribution in [0, 0.1) is 0 Å². The second kappa shape index (κ2) is 9.32. The summed E-state index contributed by atoms with van der Waals surface area (Å²) in [5.41, 5.74) is 0. The number of aliphatic hydroxyl groups is 2. The zero-order valence-corrected chi connectivity index (χ0v) is 8.34. The van der Waals surface area contributed by atoms with Crippen LogP contribution >= 0.6 is 12.6 Å². The number of nitrogens with zero attached hydrogens (tertiary/aromatic N) is 1. The summed E-state index contributed by atoms with van der Waals surface area (Å²) in [7, 11) is 0. The van der Waals surface area contributed by atoms with Crippen molar-refractivity contribution >= 4 is 12.6 Å². The molecule has 2 N–H and O–H groups in total. The van der Waals surface area contributed by atoms with Crippen molar-refractivity contribution in [3.63, 3.8) is 0 Å². The lowest BCUT2D eigenvalue weighted by Gasteiger charge is -2.19. The molecule has 0 amide bonds. The van der Waals surface area contributed by atoms with Crippen molar-refractivity contribution in [3.8, 4) is 0 Å².